The number of benzene rings is 1. The van der Waals surface area contributed by atoms with Crippen LogP contribution >= 0.6 is 0 Å². The van der Waals surface area contributed by atoms with Crippen LogP contribution in [0.4, 0.5) is 5.69 Å². The lowest BCUT2D eigenvalue weighted by Gasteiger charge is -2.24. The highest BCUT2D eigenvalue weighted by atomic mass is 28.4. The molecule has 0 aliphatic heterocycles. The third-order valence-electron chi connectivity index (χ3n) is 2.88. The van der Waals surface area contributed by atoms with Crippen LogP contribution in [-0.2, 0) is 13.3 Å². The molecule has 0 fully saturated rings. The Labute approximate surface area is 118 Å². The summed E-state index contributed by atoms with van der Waals surface area (Å²) in [6.45, 7) is 0.461. The number of rotatable bonds is 9. The van der Waals surface area contributed by atoms with Crippen molar-refractivity contribution < 1.29 is 22.9 Å². The van der Waals surface area contributed by atoms with E-state index in [0.717, 1.165) is 0 Å². The average molecular weight is 301 g/mol. The zero-order valence-corrected chi connectivity index (χ0v) is 12.8. The van der Waals surface area contributed by atoms with Crippen LogP contribution < -0.4 is 4.74 Å². The first-order valence-electron chi connectivity index (χ1n) is 6.09. The van der Waals surface area contributed by atoms with Gasteiger partial charge >= 0.3 is 8.80 Å². The van der Waals surface area contributed by atoms with Gasteiger partial charge in [-0.05, 0) is 18.6 Å². The third kappa shape index (κ3) is 4.56. The Morgan fingerprint density at radius 2 is 1.65 bits per heavy atom. The van der Waals surface area contributed by atoms with Crippen molar-refractivity contribution >= 4 is 14.5 Å². The minimum absolute atomic E-state index is 0.0434. The van der Waals surface area contributed by atoms with Crippen LogP contribution in [0.2, 0.25) is 6.04 Å². The molecule has 0 spiro atoms. The molecule has 7 nitrogen and oxygen atoms in total. The summed E-state index contributed by atoms with van der Waals surface area (Å²) in [5.41, 5.74) is 0.0434. The molecule has 20 heavy (non-hydrogen) atoms. The van der Waals surface area contributed by atoms with E-state index in [4.69, 9.17) is 18.0 Å². The maximum atomic E-state index is 10.5. The van der Waals surface area contributed by atoms with Crippen molar-refractivity contribution in [1.82, 2.24) is 0 Å². The lowest BCUT2D eigenvalue weighted by atomic mass is 10.3. The first kappa shape index (κ1) is 16.6. The van der Waals surface area contributed by atoms with Gasteiger partial charge in [0.1, 0.15) is 5.75 Å². The summed E-state index contributed by atoms with van der Waals surface area (Å²) in [4.78, 5) is 10.1. The van der Waals surface area contributed by atoms with Gasteiger partial charge in [0.25, 0.3) is 5.69 Å². The molecule has 0 unspecified atom stereocenters. The highest BCUT2D eigenvalue weighted by Crippen LogP contribution is 2.19. The second-order valence-corrected chi connectivity index (χ2v) is 7.09. The van der Waals surface area contributed by atoms with Crippen LogP contribution in [0.3, 0.4) is 0 Å². The number of nitro benzene ring substituents is 1. The molecule has 0 radical (unpaired) electrons. The predicted octanol–water partition coefficient (Wildman–Crippen LogP) is 2.24. The number of hydrogen-bond donors (Lipinski definition) is 0. The molecule has 0 saturated carbocycles. The summed E-state index contributed by atoms with van der Waals surface area (Å²) in [6.07, 6.45) is 0.707. The van der Waals surface area contributed by atoms with Gasteiger partial charge in [-0.15, -0.1) is 0 Å². The molecule has 0 aliphatic rings. The minimum atomic E-state index is -2.55. The molecular weight excluding hydrogens is 282 g/mol. The molecule has 8 heteroatoms. The largest absolute Gasteiger partial charge is 0.500 e. The molecule has 0 N–H and O–H groups in total. The number of nitro groups is 1. The lowest BCUT2D eigenvalue weighted by molar-refractivity contribution is -0.384. The summed E-state index contributed by atoms with van der Waals surface area (Å²) in [6, 6.07) is 6.61. The van der Waals surface area contributed by atoms with E-state index in [-0.39, 0.29) is 5.69 Å². The predicted molar refractivity (Wildman–Crippen MR) is 74.8 cm³/mol. The zero-order chi connectivity index (χ0) is 15.0. The SMILES string of the molecule is CO[Si](CCCOc1ccc([N+](=O)[O-])cc1)(OC)OC. The van der Waals surface area contributed by atoms with E-state index >= 15 is 0 Å². The summed E-state index contributed by atoms with van der Waals surface area (Å²) in [5, 5.41) is 10.5. The normalized spacial score (nSPS) is 11.3. The molecule has 0 aliphatic carbocycles. The summed E-state index contributed by atoms with van der Waals surface area (Å²) < 4.78 is 21.4. The van der Waals surface area contributed by atoms with E-state index in [9.17, 15) is 10.1 Å². The monoisotopic (exact) mass is 301 g/mol. The third-order valence-corrected chi connectivity index (χ3v) is 5.71. The summed E-state index contributed by atoms with van der Waals surface area (Å²) in [5.74, 6) is 0.593. The van der Waals surface area contributed by atoms with Gasteiger partial charge in [-0.25, -0.2) is 0 Å². The second-order valence-electron chi connectivity index (χ2n) is 4.00. The van der Waals surface area contributed by atoms with Gasteiger partial charge in [-0.3, -0.25) is 10.1 Å². The summed E-state index contributed by atoms with van der Waals surface area (Å²) >= 11 is 0. The van der Waals surface area contributed by atoms with Gasteiger partial charge in [0.05, 0.1) is 11.5 Å². The second kappa shape index (κ2) is 7.95. The van der Waals surface area contributed by atoms with Crippen LogP contribution in [0.5, 0.6) is 5.75 Å². The number of nitrogens with zero attached hydrogens (tertiary/aromatic N) is 1. The van der Waals surface area contributed by atoms with Crippen molar-refractivity contribution in [3.05, 3.63) is 34.4 Å². The zero-order valence-electron chi connectivity index (χ0n) is 11.8. The molecule has 1 rings (SSSR count). The van der Waals surface area contributed by atoms with Crippen LogP contribution in [0, 0.1) is 10.1 Å². The van der Waals surface area contributed by atoms with Gasteiger partial charge in [0.2, 0.25) is 0 Å². The van der Waals surface area contributed by atoms with E-state index < -0.39 is 13.7 Å². The maximum Gasteiger partial charge on any atom is 0.500 e. The first-order chi connectivity index (χ1) is 9.56. The molecule has 0 atom stereocenters. The average Bonchev–Trinajstić information content (AvgIpc) is 2.49. The van der Waals surface area contributed by atoms with E-state index in [1.54, 1.807) is 33.5 Å². The van der Waals surface area contributed by atoms with Crippen LogP contribution in [0.25, 0.3) is 0 Å². The van der Waals surface area contributed by atoms with Crippen molar-refractivity contribution in [2.45, 2.75) is 12.5 Å². The standard InChI is InChI=1S/C12H19NO6Si/c1-16-20(17-2,18-3)10-4-9-19-12-7-5-11(6-8-12)13(14)15/h5-8H,4,9-10H2,1-3H3. The molecule has 0 bridgehead atoms. The molecule has 1 aromatic rings. The highest BCUT2D eigenvalue weighted by Gasteiger charge is 2.36. The molecule has 0 aromatic heterocycles. The Balaban J connectivity index is 2.39. The van der Waals surface area contributed by atoms with Crippen LogP contribution in [-0.4, -0.2) is 41.7 Å². The van der Waals surface area contributed by atoms with E-state index in [1.165, 1.54) is 12.1 Å². The van der Waals surface area contributed by atoms with Gasteiger partial charge < -0.3 is 18.0 Å². The maximum absolute atomic E-state index is 10.5. The summed E-state index contributed by atoms with van der Waals surface area (Å²) in [7, 11) is 2.15. The number of ether oxygens (including phenoxy) is 1. The van der Waals surface area contributed by atoms with E-state index in [1.807, 2.05) is 0 Å². The Hall–Kier alpha value is -1.48. The molecule has 1 aromatic carbocycles. The van der Waals surface area contributed by atoms with E-state index in [0.29, 0.717) is 24.8 Å². The van der Waals surface area contributed by atoms with Gasteiger partial charge in [0, 0.05) is 39.5 Å². The Morgan fingerprint density at radius 1 is 1.10 bits per heavy atom. The Bertz CT molecular complexity index is 412. The smallest absolute Gasteiger partial charge is 0.494 e. The van der Waals surface area contributed by atoms with Gasteiger partial charge in [-0.1, -0.05) is 0 Å². The lowest BCUT2D eigenvalue weighted by Crippen LogP contribution is -2.42. The van der Waals surface area contributed by atoms with Crippen LogP contribution in [0.15, 0.2) is 24.3 Å². The van der Waals surface area contributed by atoms with Crippen molar-refractivity contribution in [2.24, 2.45) is 0 Å². The highest BCUT2D eigenvalue weighted by molar-refractivity contribution is 6.60. The number of hydrogen-bond acceptors (Lipinski definition) is 6. The van der Waals surface area contributed by atoms with Crippen molar-refractivity contribution in [2.75, 3.05) is 27.9 Å². The topological polar surface area (TPSA) is 80.1 Å². The van der Waals surface area contributed by atoms with E-state index in [2.05, 4.69) is 0 Å². The van der Waals surface area contributed by atoms with Crippen molar-refractivity contribution in [3.63, 3.8) is 0 Å². The molecular formula is C12H19NO6Si. The quantitative estimate of drug-likeness (QED) is 0.301. The molecule has 112 valence electrons. The molecule has 0 amide bonds. The fourth-order valence-corrected chi connectivity index (χ4v) is 3.39. The Kier molecular flexibility index (Phi) is 6.59. The first-order valence-corrected chi connectivity index (χ1v) is 8.03. The number of non-ortho nitro benzene ring substituents is 1. The van der Waals surface area contributed by atoms with Crippen LogP contribution in [0.1, 0.15) is 6.42 Å². The fraction of sp³-hybridized carbons (Fsp3) is 0.500. The molecule has 0 saturated heterocycles. The van der Waals surface area contributed by atoms with Gasteiger partial charge in [-0.2, -0.15) is 0 Å². The van der Waals surface area contributed by atoms with Crippen molar-refractivity contribution in [1.29, 1.82) is 0 Å². The minimum Gasteiger partial charge on any atom is -0.494 e. The molecule has 0 heterocycles. The van der Waals surface area contributed by atoms with Gasteiger partial charge in [0.15, 0.2) is 0 Å². The van der Waals surface area contributed by atoms with Crippen molar-refractivity contribution in [3.8, 4) is 5.75 Å². The Morgan fingerprint density at radius 3 is 2.10 bits per heavy atom. The fourth-order valence-electron chi connectivity index (χ4n) is 1.70.